The second-order valence-electron chi connectivity index (χ2n) is 4.99. The SMILES string of the molecule is CCn1cc(C(=O)O)c2cc(-c3ccc(Cl)cc3F)ccc21. The van der Waals surface area contributed by atoms with E-state index in [1.807, 2.05) is 17.6 Å². The first-order valence-electron chi connectivity index (χ1n) is 6.83. The van der Waals surface area contributed by atoms with Gasteiger partial charge in [0.1, 0.15) is 5.82 Å². The van der Waals surface area contributed by atoms with E-state index in [0.717, 1.165) is 5.52 Å². The highest BCUT2D eigenvalue weighted by Gasteiger charge is 2.15. The van der Waals surface area contributed by atoms with Crippen LogP contribution >= 0.6 is 11.6 Å². The summed E-state index contributed by atoms with van der Waals surface area (Å²) in [5, 5.41) is 10.3. The number of rotatable bonds is 3. The second-order valence-corrected chi connectivity index (χ2v) is 5.43. The average Bonchev–Trinajstić information content (AvgIpc) is 2.85. The molecule has 0 bridgehead atoms. The lowest BCUT2D eigenvalue weighted by Gasteiger charge is -2.06. The molecule has 0 aliphatic heterocycles. The molecule has 0 aliphatic carbocycles. The highest BCUT2D eigenvalue weighted by Crippen LogP contribution is 2.30. The Kier molecular flexibility index (Phi) is 3.62. The Bertz CT molecular complexity index is 886. The molecule has 1 N–H and O–H groups in total. The number of hydrogen-bond acceptors (Lipinski definition) is 1. The first-order valence-corrected chi connectivity index (χ1v) is 7.20. The lowest BCUT2D eigenvalue weighted by Crippen LogP contribution is -1.94. The van der Waals surface area contributed by atoms with Crippen LogP contribution in [0.15, 0.2) is 42.6 Å². The number of nitrogens with zero attached hydrogens (tertiary/aromatic N) is 1. The zero-order valence-electron chi connectivity index (χ0n) is 11.8. The number of aromatic nitrogens is 1. The van der Waals surface area contributed by atoms with Crippen molar-refractivity contribution in [2.24, 2.45) is 0 Å². The highest BCUT2D eigenvalue weighted by atomic mass is 35.5. The molecule has 112 valence electrons. The van der Waals surface area contributed by atoms with Crippen molar-refractivity contribution in [3.05, 3.63) is 59.0 Å². The van der Waals surface area contributed by atoms with Crippen molar-refractivity contribution in [3.8, 4) is 11.1 Å². The minimum Gasteiger partial charge on any atom is -0.478 e. The van der Waals surface area contributed by atoms with E-state index in [0.29, 0.717) is 28.1 Å². The summed E-state index contributed by atoms with van der Waals surface area (Å²) in [4.78, 5) is 11.4. The third-order valence-corrected chi connectivity index (χ3v) is 3.93. The van der Waals surface area contributed by atoms with Gasteiger partial charge in [-0.25, -0.2) is 9.18 Å². The molecule has 3 rings (SSSR count). The topological polar surface area (TPSA) is 42.2 Å². The molecule has 0 aliphatic rings. The largest absolute Gasteiger partial charge is 0.478 e. The molecule has 0 fully saturated rings. The van der Waals surface area contributed by atoms with Gasteiger partial charge in [0.2, 0.25) is 0 Å². The van der Waals surface area contributed by atoms with Crippen LogP contribution in [0.4, 0.5) is 4.39 Å². The van der Waals surface area contributed by atoms with E-state index in [1.165, 1.54) is 6.07 Å². The molecule has 3 nitrogen and oxygen atoms in total. The van der Waals surface area contributed by atoms with Crippen LogP contribution in [-0.4, -0.2) is 15.6 Å². The second kappa shape index (κ2) is 5.46. The predicted molar refractivity (Wildman–Crippen MR) is 85.0 cm³/mol. The number of aromatic carboxylic acids is 1. The number of aryl methyl sites for hydroxylation is 1. The van der Waals surface area contributed by atoms with Crippen LogP contribution in [-0.2, 0) is 6.54 Å². The van der Waals surface area contributed by atoms with Crippen molar-refractivity contribution in [1.29, 1.82) is 0 Å². The molecule has 0 unspecified atom stereocenters. The fraction of sp³-hybridized carbons (Fsp3) is 0.118. The fourth-order valence-corrected chi connectivity index (χ4v) is 2.78. The molecule has 2 aromatic carbocycles. The number of fused-ring (bicyclic) bond motifs is 1. The molecule has 5 heteroatoms. The monoisotopic (exact) mass is 317 g/mol. The Morgan fingerprint density at radius 3 is 2.68 bits per heavy atom. The van der Waals surface area contributed by atoms with Crippen molar-refractivity contribution < 1.29 is 14.3 Å². The summed E-state index contributed by atoms with van der Waals surface area (Å²) < 4.78 is 15.9. The van der Waals surface area contributed by atoms with Gasteiger partial charge < -0.3 is 9.67 Å². The minimum absolute atomic E-state index is 0.216. The summed E-state index contributed by atoms with van der Waals surface area (Å²) in [6.45, 7) is 2.61. The van der Waals surface area contributed by atoms with Crippen LogP contribution < -0.4 is 0 Å². The van der Waals surface area contributed by atoms with Gasteiger partial charge in [-0.2, -0.15) is 0 Å². The summed E-state index contributed by atoms with van der Waals surface area (Å²) in [5.41, 5.74) is 2.05. The van der Waals surface area contributed by atoms with Gasteiger partial charge in [-0.3, -0.25) is 0 Å². The summed E-state index contributed by atoms with van der Waals surface area (Å²) in [6.07, 6.45) is 1.61. The van der Waals surface area contributed by atoms with Gasteiger partial charge in [-0.1, -0.05) is 17.7 Å². The van der Waals surface area contributed by atoms with E-state index in [-0.39, 0.29) is 5.56 Å². The predicted octanol–water partition coefficient (Wildman–Crippen LogP) is 4.82. The Hall–Kier alpha value is -2.33. The van der Waals surface area contributed by atoms with E-state index in [2.05, 4.69) is 0 Å². The van der Waals surface area contributed by atoms with Crippen LogP contribution in [0.2, 0.25) is 5.02 Å². The number of carboxylic acids is 1. The molecular formula is C17H13ClFNO2. The van der Waals surface area contributed by atoms with Crippen LogP contribution in [0, 0.1) is 5.82 Å². The Morgan fingerprint density at radius 1 is 1.27 bits per heavy atom. The fourth-order valence-electron chi connectivity index (χ4n) is 2.62. The molecule has 22 heavy (non-hydrogen) atoms. The first kappa shape index (κ1) is 14.6. The third kappa shape index (κ3) is 2.35. The van der Waals surface area contributed by atoms with E-state index in [1.54, 1.807) is 30.5 Å². The number of halogens is 2. The van der Waals surface area contributed by atoms with Crippen molar-refractivity contribution in [2.75, 3.05) is 0 Å². The number of benzene rings is 2. The summed E-state index contributed by atoms with van der Waals surface area (Å²) in [5.74, 6) is -1.43. The summed E-state index contributed by atoms with van der Waals surface area (Å²) in [7, 11) is 0. The Balaban J connectivity index is 2.25. The molecule has 0 saturated heterocycles. The van der Waals surface area contributed by atoms with Gasteiger partial charge in [0.15, 0.2) is 0 Å². The Morgan fingerprint density at radius 2 is 2.05 bits per heavy atom. The highest BCUT2D eigenvalue weighted by molar-refractivity contribution is 6.30. The van der Waals surface area contributed by atoms with Gasteiger partial charge in [-0.15, -0.1) is 0 Å². The summed E-state index contributed by atoms with van der Waals surface area (Å²) in [6, 6.07) is 9.75. The van der Waals surface area contributed by atoms with Crippen LogP contribution in [0.5, 0.6) is 0 Å². The Labute approximate surface area is 131 Å². The van der Waals surface area contributed by atoms with Crippen molar-refractivity contribution in [2.45, 2.75) is 13.5 Å². The zero-order chi connectivity index (χ0) is 15.9. The van der Waals surface area contributed by atoms with Gasteiger partial charge >= 0.3 is 5.97 Å². The van der Waals surface area contributed by atoms with Gasteiger partial charge in [0.05, 0.1) is 5.56 Å². The lowest BCUT2D eigenvalue weighted by molar-refractivity contribution is 0.0699. The molecule has 0 amide bonds. The minimum atomic E-state index is -0.995. The third-order valence-electron chi connectivity index (χ3n) is 3.69. The maximum Gasteiger partial charge on any atom is 0.337 e. The number of carbonyl (C=O) groups is 1. The maximum atomic E-state index is 14.1. The van der Waals surface area contributed by atoms with E-state index in [4.69, 9.17) is 11.6 Å². The van der Waals surface area contributed by atoms with Crippen LogP contribution in [0.25, 0.3) is 22.0 Å². The molecule has 1 aromatic heterocycles. The standard InChI is InChI=1S/C17H13ClFNO2/c1-2-20-9-14(17(21)22)13-7-10(3-6-16(13)20)12-5-4-11(18)8-15(12)19/h3-9H,2H2,1H3,(H,21,22). The van der Waals surface area contributed by atoms with Crippen molar-refractivity contribution >= 4 is 28.5 Å². The number of carboxylic acid groups (broad SMARTS) is 1. The van der Waals surface area contributed by atoms with Crippen LogP contribution in [0.1, 0.15) is 17.3 Å². The molecule has 0 atom stereocenters. The molecule has 0 saturated carbocycles. The quantitative estimate of drug-likeness (QED) is 0.752. The van der Waals surface area contributed by atoms with Gasteiger partial charge in [-0.05, 0) is 42.8 Å². The first-order chi connectivity index (χ1) is 10.5. The molecule has 0 spiro atoms. The van der Waals surface area contributed by atoms with Crippen molar-refractivity contribution in [1.82, 2.24) is 4.57 Å². The summed E-state index contributed by atoms with van der Waals surface area (Å²) >= 11 is 5.77. The molecule has 0 radical (unpaired) electrons. The smallest absolute Gasteiger partial charge is 0.337 e. The zero-order valence-corrected chi connectivity index (χ0v) is 12.6. The van der Waals surface area contributed by atoms with Gasteiger partial charge in [0.25, 0.3) is 0 Å². The van der Waals surface area contributed by atoms with E-state index in [9.17, 15) is 14.3 Å². The van der Waals surface area contributed by atoms with E-state index < -0.39 is 11.8 Å². The van der Waals surface area contributed by atoms with E-state index >= 15 is 0 Å². The number of hydrogen-bond donors (Lipinski definition) is 1. The molecule has 1 heterocycles. The molecule has 3 aromatic rings. The average molecular weight is 318 g/mol. The van der Waals surface area contributed by atoms with Crippen molar-refractivity contribution in [3.63, 3.8) is 0 Å². The van der Waals surface area contributed by atoms with Gasteiger partial charge in [0, 0.05) is 34.2 Å². The van der Waals surface area contributed by atoms with Crippen LogP contribution in [0.3, 0.4) is 0 Å². The lowest BCUT2D eigenvalue weighted by atomic mass is 10.0. The normalized spacial score (nSPS) is 11.0. The molecular weight excluding hydrogens is 305 g/mol. The maximum absolute atomic E-state index is 14.1.